The molecule has 0 saturated carbocycles. The van der Waals surface area contributed by atoms with Crippen LogP contribution in [-0.4, -0.2) is 0 Å². The van der Waals surface area contributed by atoms with E-state index < -0.39 is 0 Å². The van der Waals surface area contributed by atoms with Crippen LogP contribution in [0.5, 0.6) is 0 Å². The minimum Gasteiger partial charge on any atom is -0.102 e. The molecule has 0 nitrogen and oxygen atoms in total. The summed E-state index contributed by atoms with van der Waals surface area (Å²) < 4.78 is 0. The summed E-state index contributed by atoms with van der Waals surface area (Å²) >= 11 is 0. The summed E-state index contributed by atoms with van der Waals surface area (Å²) in [5.74, 6) is 12.1. The smallest absolute Gasteiger partial charge is 0.102 e. The Bertz CT molecular complexity index is 216. The van der Waals surface area contributed by atoms with Crippen LogP contribution in [0.25, 0.3) is 0 Å². The zero-order chi connectivity index (χ0) is 10.5. The van der Waals surface area contributed by atoms with Crippen molar-refractivity contribution in [3.05, 3.63) is 6.42 Å². The maximum Gasteiger partial charge on any atom is 0.106 e. The molecule has 0 aromatic carbocycles. The lowest BCUT2D eigenvalue weighted by Crippen LogP contribution is -1.71. The van der Waals surface area contributed by atoms with Gasteiger partial charge >= 0.3 is 0 Å². The highest BCUT2D eigenvalue weighted by Crippen LogP contribution is 1.96. The van der Waals surface area contributed by atoms with E-state index in [1.165, 1.54) is 32.1 Å². The molecule has 0 aliphatic rings. The molecule has 0 fully saturated rings. The van der Waals surface area contributed by atoms with Gasteiger partial charge in [0, 0.05) is 12.8 Å². The zero-order valence-electron chi connectivity index (χ0n) is 9.53. The van der Waals surface area contributed by atoms with Crippen LogP contribution in [-0.2, 0) is 0 Å². The van der Waals surface area contributed by atoms with Gasteiger partial charge in [0.15, 0.2) is 0 Å². The first-order valence-electron chi connectivity index (χ1n) is 5.70. The van der Waals surface area contributed by atoms with Crippen molar-refractivity contribution in [1.82, 2.24) is 0 Å². The van der Waals surface area contributed by atoms with Gasteiger partial charge in [0.05, 0.1) is 0 Å². The molecule has 0 amide bonds. The SMILES string of the molecule is CCCCC#C[CH]C#CCCCCC. The number of hydrogen-bond acceptors (Lipinski definition) is 0. The molecule has 0 atom stereocenters. The van der Waals surface area contributed by atoms with Crippen molar-refractivity contribution in [3.8, 4) is 23.7 Å². The molecule has 77 valence electrons. The molecule has 0 aromatic rings. The fourth-order valence-corrected chi connectivity index (χ4v) is 1.01. The van der Waals surface area contributed by atoms with E-state index >= 15 is 0 Å². The van der Waals surface area contributed by atoms with Crippen LogP contribution in [0.2, 0.25) is 0 Å². The molecule has 1 radical (unpaired) electrons. The predicted molar refractivity (Wildman–Crippen MR) is 63.5 cm³/mol. The van der Waals surface area contributed by atoms with Gasteiger partial charge < -0.3 is 0 Å². The Morgan fingerprint density at radius 3 is 1.93 bits per heavy atom. The van der Waals surface area contributed by atoms with Crippen LogP contribution in [0.3, 0.4) is 0 Å². The third kappa shape index (κ3) is 11.1. The van der Waals surface area contributed by atoms with E-state index in [9.17, 15) is 0 Å². The first-order valence-corrected chi connectivity index (χ1v) is 5.70. The molecule has 0 saturated heterocycles. The summed E-state index contributed by atoms with van der Waals surface area (Å²) in [6.45, 7) is 4.39. The minimum atomic E-state index is 1.00. The Kier molecular flexibility index (Phi) is 11.4. The summed E-state index contributed by atoms with van der Waals surface area (Å²) in [6.07, 6.45) is 9.99. The van der Waals surface area contributed by atoms with Gasteiger partial charge in [-0.3, -0.25) is 0 Å². The normalized spacial score (nSPS) is 8.43. The molecule has 0 aliphatic carbocycles. The molecule has 0 N–H and O–H groups in total. The lowest BCUT2D eigenvalue weighted by Gasteiger charge is -1.87. The Morgan fingerprint density at radius 2 is 1.36 bits per heavy atom. The van der Waals surface area contributed by atoms with Gasteiger partial charge in [0.1, 0.15) is 6.42 Å². The van der Waals surface area contributed by atoms with Gasteiger partial charge in [-0.1, -0.05) is 45.0 Å². The number of hydrogen-bond donors (Lipinski definition) is 0. The predicted octanol–water partition coefficient (Wildman–Crippen LogP) is 3.97. The van der Waals surface area contributed by atoms with Crippen molar-refractivity contribution in [1.29, 1.82) is 0 Å². The van der Waals surface area contributed by atoms with Crippen LogP contribution >= 0.6 is 0 Å². The van der Waals surface area contributed by atoms with E-state index in [4.69, 9.17) is 0 Å². The van der Waals surface area contributed by atoms with E-state index in [-0.39, 0.29) is 0 Å². The van der Waals surface area contributed by atoms with E-state index in [1.54, 1.807) is 6.42 Å². The van der Waals surface area contributed by atoms with E-state index in [0.717, 1.165) is 12.8 Å². The summed E-state index contributed by atoms with van der Waals surface area (Å²) in [5, 5.41) is 0. The summed E-state index contributed by atoms with van der Waals surface area (Å²) in [4.78, 5) is 0. The number of unbranched alkanes of at least 4 members (excludes halogenated alkanes) is 5. The van der Waals surface area contributed by atoms with Gasteiger partial charge in [0.25, 0.3) is 0 Å². The van der Waals surface area contributed by atoms with Crippen molar-refractivity contribution in [2.75, 3.05) is 0 Å². The molecule has 0 aromatic heterocycles. The van der Waals surface area contributed by atoms with Crippen molar-refractivity contribution < 1.29 is 0 Å². The first kappa shape index (κ1) is 13.1. The lowest BCUT2D eigenvalue weighted by molar-refractivity contribution is 0.737. The van der Waals surface area contributed by atoms with Crippen LogP contribution in [0.4, 0.5) is 0 Å². The summed E-state index contributed by atoms with van der Waals surface area (Å²) in [5.41, 5.74) is 0. The summed E-state index contributed by atoms with van der Waals surface area (Å²) in [7, 11) is 0. The lowest BCUT2D eigenvalue weighted by atomic mass is 10.2. The molecule has 0 heteroatoms. The monoisotopic (exact) mass is 189 g/mol. The van der Waals surface area contributed by atoms with E-state index in [0.29, 0.717) is 0 Å². The molecule has 0 spiro atoms. The van der Waals surface area contributed by atoms with Crippen LogP contribution in [0.15, 0.2) is 0 Å². The fourth-order valence-electron chi connectivity index (χ4n) is 1.01. The second-order valence-electron chi connectivity index (χ2n) is 3.35. The minimum absolute atomic E-state index is 1.00. The van der Waals surface area contributed by atoms with Crippen molar-refractivity contribution in [3.63, 3.8) is 0 Å². The highest BCUT2D eigenvalue weighted by Gasteiger charge is 1.80. The van der Waals surface area contributed by atoms with Gasteiger partial charge in [-0.25, -0.2) is 0 Å². The van der Waals surface area contributed by atoms with Crippen LogP contribution in [0, 0.1) is 30.1 Å². The topological polar surface area (TPSA) is 0 Å². The second kappa shape index (κ2) is 12.1. The van der Waals surface area contributed by atoms with E-state index in [2.05, 4.69) is 37.5 Å². The van der Waals surface area contributed by atoms with E-state index in [1.807, 2.05) is 0 Å². The molecule has 0 unspecified atom stereocenters. The van der Waals surface area contributed by atoms with Crippen molar-refractivity contribution in [2.45, 2.75) is 58.8 Å². The maximum atomic E-state index is 3.10. The third-order valence-electron chi connectivity index (χ3n) is 1.91. The molecule has 0 heterocycles. The van der Waals surface area contributed by atoms with Gasteiger partial charge in [-0.05, 0) is 12.8 Å². The average molecular weight is 189 g/mol. The standard InChI is InChI=1S/C14H21/c1-3-5-7-9-11-13-14-12-10-8-6-4-2/h14H,3-9H2,1-2H3. The van der Waals surface area contributed by atoms with Gasteiger partial charge in [0.2, 0.25) is 0 Å². The molecule has 0 bridgehead atoms. The second-order valence-corrected chi connectivity index (χ2v) is 3.35. The van der Waals surface area contributed by atoms with Crippen LogP contribution < -0.4 is 0 Å². The quantitative estimate of drug-likeness (QED) is 0.453. The highest BCUT2D eigenvalue weighted by molar-refractivity contribution is 5.25. The number of rotatable bonds is 5. The molecule has 0 rings (SSSR count). The molecule has 0 aliphatic heterocycles. The Labute approximate surface area is 89.5 Å². The fraction of sp³-hybridized carbons (Fsp3) is 0.643. The molecular formula is C14H21. The molecule has 14 heavy (non-hydrogen) atoms. The first-order chi connectivity index (χ1) is 6.91. The van der Waals surface area contributed by atoms with Gasteiger partial charge in [-0.15, -0.1) is 11.8 Å². The molecular weight excluding hydrogens is 168 g/mol. The Morgan fingerprint density at radius 1 is 0.786 bits per heavy atom. The Hall–Kier alpha value is -0.880. The van der Waals surface area contributed by atoms with Gasteiger partial charge in [-0.2, -0.15) is 0 Å². The summed E-state index contributed by atoms with van der Waals surface area (Å²) in [6, 6.07) is 0. The van der Waals surface area contributed by atoms with Crippen molar-refractivity contribution >= 4 is 0 Å². The average Bonchev–Trinajstić information content (AvgIpc) is 2.21. The highest BCUT2D eigenvalue weighted by atomic mass is 13.8. The largest absolute Gasteiger partial charge is 0.106 e. The maximum absolute atomic E-state index is 3.10. The van der Waals surface area contributed by atoms with Crippen LogP contribution in [0.1, 0.15) is 58.8 Å². The zero-order valence-corrected chi connectivity index (χ0v) is 9.53. The Balaban J connectivity index is 3.26. The van der Waals surface area contributed by atoms with Crippen molar-refractivity contribution in [2.24, 2.45) is 0 Å². The third-order valence-corrected chi connectivity index (χ3v) is 1.91.